The minimum atomic E-state index is -4.36. The summed E-state index contributed by atoms with van der Waals surface area (Å²) in [6.45, 7) is 4.30. The molecule has 1 heterocycles. The van der Waals surface area contributed by atoms with Gasteiger partial charge in [0.1, 0.15) is 0 Å². The lowest BCUT2D eigenvalue weighted by Gasteiger charge is -2.46. The molecule has 2 aromatic rings. The van der Waals surface area contributed by atoms with Gasteiger partial charge in [-0.25, -0.2) is 0 Å². The van der Waals surface area contributed by atoms with Crippen LogP contribution in [0.15, 0.2) is 48.5 Å². The van der Waals surface area contributed by atoms with Crippen molar-refractivity contribution < 1.29 is 18.0 Å². The molecule has 0 saturated heterocycles. The van der Waals surface area contributed by atoms with E-state index in [1.54, 1.807) is 6.07 Å². The first-order valence-corrected chi connectivity index (χ1v) is 11.0. The van der Waals surface area contributed by atoms with Crippen LogP contribution in [0.1, 0.15) is 61.8 Å². The lowest BCUT2D eigenvalue weighted by molar-refractivity contribution is -0.137. The van der Waals surface area contributed by atoms with Crippen molar-refractivity contribution in [3.8, 4) is 0 Å². The summed E-state index contributed by atoms with van der Waals surface area (Å²) in [5.74, 6) is 0.455. The van der Waals surface area contributed by atoms with Crippen LogP contribution >= 0.6 is 0 Å². The van der Waals surface area contributed by atoms with E-state index in [9.17, 15) is 18.0 Å². The standard InChI is InChI=1S/C25H29F3N2O/c1-15(2)24(31)29-14-16-8-10-19-20(12-16)21-13-18(25(26,27)28)9-11-22(21)30-23(19)17-6-4-3-5-7-17/h3-7,9,11,13,15-16,19-20,23,30H,8,10,12,14H2,1-2H3,(H,29,31)/t16?,19?,20?,23-/m0/s1. The summed E-state index contributed by atoms with van der Waals surface area (Å²) in [6.07, 6.45) is -1.71. The highest BCUT2D eigenvalue weighted by molar-refractivity contribution is 5.77. The Balaban J connectivity index is 1.64. The second-order valence-corrected chi connectivity index (χ2v) is 9.18. The van der Waals surface area contributed by atoms with Crippen molar-refractivity contribution in [2.75, 3.05) is 11.9 Å². The Hall–Kier alpha value is -2.50. The number of amides is 1. The zero-order valence-electron chi connectivity index (χ0n) is 17.9. The molecule has 6 heteroatoms. The van der Waals surface area contributed by atoms with E-state index in [4.69, 9.17) is 0 Å². The van der Waals surface area contributed by atoms with Gasteiger partial charge in [-0.1, -0.05) is 44.2 Å². The molecule has 1 amide bonds. The first-order valence-electron chi connectivity index (χ1n) is 11.0. The average Bonchev–Trinajstić information content (AvgIpc) is 2.76. The quantitative estimate of drug-likeness (QED) is 0.611. The van der Waals surface area contributed by atoms with Gasteiger partial charge in [-0.3, -0.25) is 4.79 Å². The van der Waals surface area contributed by atoms with E-state index in [2.05, 4.69) is 22.8 Å². The van der Waals surface area contributed by atoms with E-state index in [1.807, 2.05) is 32.0 Å². The number of alkyl halides is 3. The molecule has 0 spiro atoms. The van der Waals surface area contributed by atoms with Crippen molar-refractivity contribution >= 4 is 11.6 Å². The number of anilines is 1. The zero-order chi connectivity index (χ0) is 22.2. The maximum atomic E-state index is 13.4. The molecular formula is C25H29F3N2O. The third-order valence-corrected chi connectivity index (χ3v) is 6.78. The monoisotopic (exact) mass is 430 g/mol. The van der Waals surface area contributed by atoms with Crippen LogP contribution < -0.4 is 10.6 Å². The smallest absolute Gasteiger partial charge is 0.378 e. The van der Waals surface area contributed by atoms with Gasteiger partial charge < -0.3 is 10.6 Å². The second-order valence-electron chi connectivity index (χ2n) is 9.18. The van der Waals surface area contributed by atoms with E-state index in [0.717, 1.165) is 42.1 Å². The Bertz CT molecular complexity index is 926. The van der Waals surface area contributed by atoms with Crippen LogP contribution in [0, 0.1) is 17.8 Å². The van der Waals surface area contributed by atoms with Gasteiger partial charge in [0.25, 0.3) is 0 Å². The van der Waals surface area contributed by atoms with Gasteiger partial charge in [0.2, 0.25) is 5.91 Å². The van der Waals surface area contributed by atoms with Crippen molar-refractivity contribution in [1.29, 1.82) is 0 Å². The molecule has 1 aliphatic carbocycles. The van der Waals surface area contributed by atoms with E-state index in [-0.39, 0.29) is 35.6 Å². The van der Waals surface area contributed by atoms with Crippen LogP contribution in [0.4, 0.5) is 18.9 Å². The molecule has 3 unspecified atom stereocenters. The highest BCUT2D eigenvalue weighted by Crippen LogP contribution is 2.53. The van der Waals surface area contributed by atoms with Crippen molar-refractivity contribution in [2.45, 2.75) is 51.2 Å². The minimum Gasteiger partial charge on any atom is -0.378 e. The predicted octanol–water partition coefficient (Wildman–Crippen LogP) is 6.14. The Labute approximate surface area is 181 Å². The van der Waals surface area contributed by atoms with Crippen LogP contribution in [0.2, 0.25) is 0 Å². The largest absolute Gasteiger partial charge is 0.416 e. The molecule has 2 aliphatic rings. The maximum absolute atomic E-state index is 13.4. The average molecular weight is 431 g/mol. The van der Waals surface area contributed by atoms with E-state index < -0.39 is 11.7 Å². The van der Waals surface area contributed by atoms with Gasteiger partial charge in [-0.15, -0.1) is 0 Å². The third-order valence-electron chi connectivity index (χ3n) is 6.78. The van der Waals surface area contributed by atoms with Crippen molar-refractivity contribution in [2.24, 2.45) is 17.8 Å². The van der Waals surface area contributed by atoms with Crippen molar-refractivity contribution in [3.05, 3.63) is 65.2 Å². The Morgan fingerprint density at radius 3 is 2.55 bits per heavy atom. The number of rotatable bonds is 4. The fraction of sp³-hybridized carbons (Fsp3) is 0.480. The molecular weight excluding hydrogens is 401 g/mol. The van der Waals surface area contributed by atoms with Gasteiger partial charge in [0.05, 0.1) is 11.6 Å². The lowest BCUT2D eigenvalue weighted by atomic mass is 9.65. The number of carbonyl (C=O) groups is 1. The number of hydrogen-bond acceptors (Lipinski definition) is 2. The molecule has 166 valence electrons. The van der Waals surface area contributed by atoms with Crippen molar-refractivity contribution in [1.82, 2.24) is 5.32 Å². The summed E-state index contributed by atoms with van der Waals surface area (Å²) >= 11 is 0. The number of nitrogens with one attached hydrogen (secondary N) is 2. The SMILES string of the molecule is CC(C)C(=O)NCC1CCC2C(C1)c1cc(C(F)(F)F)ccc1N[C@H]2c1ccccc1. The first-order chi connectivity index (χ1) is 14.7. The highest BCUT2D eigenvalue weighted by Gasteiger charge is 2.42. The van der Waals surface area contributed by atoms with Crippen molar-refractivity contribution in [3.63, 3.8) is 0 Å². The number of carbonyl (C=O) groups excluding carboxylic acids is 1. The second kappa shape index (κ2) is 8.56. The summed E-state index contributed by atoms with van der Waals surface area (Å²) in [7, 11) is 0. The molecule has 1 saturated carbocycles. The Morgan fingerprint density at radius 2 is 1.87 bits per heavy atom. The summed E-state index contributed by atoms with van der Waals surface area (Å²) in [5.41, 5.74) is 2.11. The molecule has 2 N–H and O–H groups in total. The lowest BCUT2D eigenvalue weighted by Crippen LogP contribution is -2.39. The highest BCUT2D eigenvalue weighted by atomic mass is 19.4. The maximum Gasteiger partial charge on any atom is 0.416 e. The topological polar surface area (TPSA) is 41.1 Å². The third kappa shape index (κ3) is 4.58. The molecule has 0 aromatic heterocycles. The molecule has 0 radical (unpaired) electrons. The molecule has 2 aromatic carbocycles. The van der Waals surface area contributed by atoms with Gasteiger partial charge >= 0.3 is 6.18 Å². The van der Waals surface area contributed by atoms with Gasteiger partial charge in [-0.2, -0.15) is 13.2 Å². The molecule has 4 rings (SSSR count). The Morgan fingerprint density at radius 1 is 1.13 bits per heavy atom. The van der Waals surface area contributed by atoms with E-state index >= 15 is 0 Å². The molecule has 4 atom stereocenters. The van der Waals surface area contributed by atoms with Gasteiger partial charge in [-0.05, 0) is 66.3 Å². The van der Waals surface area contributed by atoms with Gasteiger partial charge in [0.15, 0.2) is 0 Å². The van der Waals surface area contributed by atoms with Crippen LogP contribution in [-0.2, 0) is 11.0 Å². The minimum absolute atomic E-state index is 0.0226. The molecule has 3 nitrogen and oxygen atoms in total. The normalized spacial score (nSPS) is 25.4. The predicted molar refractivity (Wildman–Crippen MR) is 116 cm³/mol. The van der Waals surface area contributed by atoms with Gasteiger partial charge in [0, 0.05) is 18.2 Å². The number of fused-ring (bicyclic) bond motifs is 3. The molecule has 1 fully saturated rings. The molecule has 0 bridgehead atoms. The molecule has 31 heavy (non-hydrogen) atoms. The Kier molecular flexibility index (Phi) is 6.00. The van der Waals surface area contributed by atoms with Crippen LogP contribution in [-0.4, -0.2) is 12.5 Å². The van der Waals surface area contributed by atoms with E-state index in [0.29, 0.717) is 6.54 Å². The van der Waals surface area contributed by atoms with Crippen LogP contribution in [0.3, 0.4) is 0 Å². The van der Waals surface area contributed by atoms with E-state index in [1.165, 1.54) is 6.07 Å². The molecule has 1 aliphatic heterocycles. The summed E-state index contributed by atoms with van der Waals surface area (Å²) in [4.78, 5) is 12.0. The fourth-order valence-electron chi connectivity index (χ4n) is 5.11. The van der Waals surface area contributed by atoms with Crippen LogP contribution in [0.5, 0.6) is 0 Å². The zero-order valence-corrected chi connectivity index (χ0v) is 17.9. The summed E-state index contributed by atoms with van der Waals surface area (Å²) in [6, 6.07) is 14.3. The summed E-state index contributed by atoms with van der Waals surface area (Å²) < 4.78 is 40.3. The number of hydrogen-bond donors (Lipinski definition) is 2. The number of halogens is 3. The number of benzene rings is 2. The summed E-state index contributed by atoms with van der Waals surface area (Å²) in [5, 5.41) is 6.55. The van der Waals surface area contributed by atoms with Crippen LogP contribution in [0.25, 0.3) is 0 Å². The first kappa shape index (κ1) is 21.7. The fourth-order valence-corrected chi connectivity index (χ4v) is 5.11.